The zero-order valence-electron chi connectivity index (χ0n) is 13.0. The van der Waals surface area contributed by atoms with Gasteiger partial charge in [0.1, 0.15) is 11.9 Å². The molecular weight excluding hydrogens is 332 g/mol. The lowest BCUT2D eigenvalue weighted by Crippen LogP contribution is -2.29. The van der Waals surface area contributed by atoms with E-state index in [1.54, 1.807) is 0 Å². The van der Waals surface area contributed by atoms with Crippen LogP contribution in [0.1, 0.15) is 24.5 Å². The lowest BCUT2D eigenvalue weighted by atomic mass is 10.2. The van der Waals surface area contributed by atoms with Crippen LogP contribution in [0.4, 0.5) is 0 Å². The lowest BCUT2D eigenvalue weighted by Gasteiger charge is -2.21. The Hall–Kier alpha value is -1.18. The van der Waals surface area contributed by atoms with Gasteiger partial charge in [-0.3, -0.25) is 4.68 Å². The zero-order valence-corrected chi connectivity index (χ0v) is 14.6. The van der Waals surface area contributed by atoms with Crippen LogP contribution in [0.15, 0.2) is 23.1 Å². The third-order valence-electron chi connectivity index (χ3n) is 3.39. The molecular formula is C14H23BrN6. The highest BCUT2D eigenvalue weighted by atomic mass is 79.9. The van der Waals surface area contributed by atoms with Crippen LogP contribution in [-0.2, 0) is 13.6 Å². The predicted octanol–water partition coefficient (Wildman–Crippen LogP) is 1.64. The van der Waals surface area contributed by atoms with E-state index < -0.39 is 0 Å². The standard InChI is InChI=1S/C14H23BrN6/c1-5-16-12(14-17-6-7-20(14)4)13-11(15)10-18-21(13)9-8-19(2)3/h6-7,10,12,16H,5,8-9H2,1-4H3. The number of nitrogens with zero attached hydrogens (tertiary/aromatic N) is 5. The molecule has 2 rings (SSSR count). The van der Waals surface area contributed by atoms with Gasteiger partial charge in [0.25, 0.3) is 0 Å². The van der Waals surface area contributed by atoms with Crippen molar-refractivity contribution >= 4 is 15.9 Å². The maximum Gasteiger partial charge on any atom is 0.131 e. The molecule has 0 spiro atoms. The van der Waals surface area contributed by atoms with Gasteiger partial charge in [-0.15, -0.1) is 0 Å². The summed E-state index contributed by atoms with van der Waals surface area (Å²) in [4.78, 5) is 6.65. The molecule has 7 heteroatoms. The molecule has 0 amide bonds. The van der Waals surface area contributed by atoms with Crippen LogP contribution in [-0.4, -0.2) is 51.4 Å². The number of aryl methyl sites for hydroxylation is 1. The Labute approximate surface area is 134 Å². The Balaban J connectivity index is 2.36. The Morgan fingerprint density at radius 1 is 1.43 bits per heavy atom. The first-order valence-electron chi connectivity index (χ1n) is 7.11. The fraction of sp³-hybridized carbons (Fsp3) is 0.571. The fourth-order valence-electron chi connectivity index (χ4n) is 2.30. The maximum absolute atomic E-state index is 4.50. The highest BCUT2D eigenvalue weighted by Gasteiger charge is 2.24. The Kier molecular flexibility index (Phi) is 5.55. The van der Waals surface area contributed by atoms with Gasteiger partial charge in [0, 0.05) is 26.0 Å². The molecule has 116 valence electrons. The maximum atomic E-state index is 4.50. The normalized spacial score (nSPS) is 13.0. The van der Waals surface area contributed by atoms with E-state index in [0.717, 1.165) is 35.6 Å². The predicted molar refractivity (Wildman–Crippen MR) is 87.2 cm³/mol. The summed E-state index contributed by atoms with van der Waals surface area (Å²) in [5.41, 5.74) is 1.12. The Morgan fingerprint density at radius 2 is 2.19 bits per heavy atom. The molecule has 1 unspecified atom stereocenters. The molecule has 2 aromatic heterocycles. The number of hydrogen-bond acceptors (Lipinski definition) is 4. The van der Waals surface area contributed by atoms with Gasteiger partial charge in [-0.2, -0.15) is 5.10 Å². The van der Waals surface area contributed by atoms with E-state index in [9.17, 15) is 0 Å². The first-order valence-corrected chi connectivity index (χ1v) is 7.90. The van der Waals surface area contributed by atoms with Gasteiger partial charge < -0.3 is 14.8 Å². The number of halogens is 1. The van der Waals surface area contributed by atoms with Crippen molar-refractivity contribution in [3.63, 3.8) is 0 Å². The Bertz CT molecular complexity index is 574. The zero-order chi connectivity index (χ0) is 15.4. The number of nitrogens with one attached hydrogen (secondary N) is 1. The van der Waals surface area contributed by atoms with Crippen LogP contribution < -0.4 is 5.32 Å². The van der Waals surface area contributed by atoms with E-state index >= 15 is 0 Å². The van der Waals surface area contributed by atoms with Gasteiger partial charge in [0.2, 0.25) is 0 Å². The summed E-state index contributed by atoms with van der Waals surface area (Å²) in [6.45, 7) is 4.76. The first kappa shape index (κ1) is 16.2. The molecule has 2 aromatic rings. The van der Waals surface area contributed by atoms with E-state index in [2.05, 4.69) is 57.2 Å². The van der Waals surface area contributed by atoms with E-state index in [0.29, 0.717) is 0 Å². The van der Waals surface area contributed by atoms with Crippen LogP contribution in [0.25, 0.3) is 0 Å². The molecule has 0 bridgehead atoms. The van der Waals surface area contributed by atoms with Crippen molar-refractivity contribution < 1.29 is 0 Å². The second-order valence-electron chi connectivity index (χ2n) is 5.29. The minimum atomic E-state index is 0.0223. The summed E-state index contributed by atoms with van der Waals surface area (Å²) in [5, 5.41) is 8.01. The molecule has 1 atom stereocenters. The smallest absolute Gasteiger partial charge is 0.131 e. The summed E-state index contributed by atoms with van der Waals surface area (Å²) >= 11 is 3.63. The summed E-state index contributed by atoms with van der Waals surface area (Å²) in [6.07, 6.45) is 5.65. The minimum absolute atomic E-state index is 0.0223. The van der Waals surface area contributed by atoms with E-state index in [1.165, 1.54) is 0 Å². The number of likely N-dealkylation sites (N-methyl/N-ethyl adjacent to an activating group) is 1. The third kappa shape index (κ3) is 3.72. The van der Waals surface area contributed by atoms with E-state index in [4.69, 9.17) is 0 Å². The first-order chi connectivity index (χ1) is 10.0. The van der Waals surface area contributed by atoms with Crippen molar-refractivity contribution in [3.8, 4) is 0 Å². The fourth-order valence-corrected chi connectivity index (χ4v) is 2.83. The monoisotopic (exact) mass is 354 g/mol. The number of hydrogen-bond donors (Lipinski definition) is 1. The molecule has 1 N–H and O–H groups in total. The topological polar surface area (TPSA) is 50.9 Å². The average Bonchev–Trinajstić information content (AvgIpc) is 3.00. The van der Waals surface area contributed by atoms with Crippen molar-refractivity contribution in [2.45, 2.75) is 19.5 Å². The Morgan fingerprint density at radius 3 is 2.76 bits per heavy atom. The number of rotatable bonds is 7. The van der Waals surface area contributed by atoms with Crippen molar-refractivity contribution in [1.82, 2.24) is 29.5 Å². The van der Waals surface area contributed by atoms with Crippen molar-refractivity contribution in [2.24, 2.45) is 7.05 Å². The van der Waals surface area contributed by atoms with Crippen molar-refractivity contribution in [3.05, 3.63) is 34.6 Å². The van der Waals surface area contributed by atoms with Gasteiger partial charge in [0.15, 0.2) is 0 Å². The molecule has 0 radical (unpaired) electrons. The van der Waals surface area contributed by atoms with Gasteiger partial charge >= 0.3 is 0 Å². The summed E-state index contributed by atoms with van der Waals surface area (Å²) in [5.74, 6) is 0.990. The van der Waals surface area contributed by atoms with Crippen LogP contribution in [0.2, 0.25) is 0 Å². The number of aromatic nitrogens is 4. The molecule has 21 heavy (non-hydrogen) atoms. The number of imidazole rings is 1. The van der Waals surface area contributed by atoms with Crippen LogP contribution >= 0.6 is 15.9 Å². The summed E-state index contributed by atoms with van der Waals surface area (Å²) in [7, 11) is 6.15. The second kappa shape index (κ2) is 7.20. The molecule has 0 aliphatic carbocycles. The van der Waals surface area contributed by atoms with Crippen LogP contribution in [0.5, 0.6) is 0 Å². The molecule has 0 fully saturated rings. The largest absolute Gasteiger partial charge is 0.336 e. The van der Waals surface area contributed by atoms with Gasteiger partial charge in [-0.25, -0.2) is 4.98 Å². The minimum Gasteiger partial charge on any atom is -0.336 e. The van der Waals surface area contributed by atoms with Gasteiger partial charge in [0.05, 0.1) is 22.9 Å². The van der Waals surface area contributed by atoms with Gasteiger partial charge in [-0.05, 0) is 36.6 Å². The third-order valence-corrected chi connectivity index (χ3v) is 4.00. The van der Waals surface area contributed by atoms with E-state index in [1.807, 2.05) is 34.9 Å². The second-order valence-corrected chi connectivity index (χ2v) is 6.15. The summed E-state index contributed by atoms with van der Waals surface area (Å²) < 4.78 is 5.10. The summed E-state index contributed by atoms with van der Waals surface area (Å²) in [6, 6.07) is 0.0223. The van der Waals surface area contributed by atoms with Crippen LogP contribution in [0.3, 0.4) is 0 Å². The van der Waals surface area contributed by atoms with E-state index in [-0.39, 0.29) is 6.04 Å². The molecule has 0 aromatic carbocycles. The molecule has 2 heterocycles. The molecule has 0 aliphatic rings. The highest BCUT2D eigenvalue weighted by molar-refractivity contribution is 9.10. The van der Waals surface area contributed by atoms with Gasteiger partial charge in [-0.1, -0.05) is 6.92 Å². The quantitative estimate of drug-likeness (QED) is 0.821. The van der Waals surface area contributed by atoms with Crippen molar-refractivity contribution in [2.75, 3.05) is 27.2 Å². The van der Waals surface area contributed by atoms with Crippen LogP contribution in [0, 0.1) is 0 Å². The average molecular weight is 355 g/mol. The SMILES string of the molecule is CCNC(c1nccn1C)c1c(Br)cnn1CCN(C)C. The molecule has 6 nitrogen and oxygen atoms in total. The van der Waals surface area contributed by atoms with Crippen molar-refractivity contribution in [1.29, 1.82) is 0 Å². The molecule has 0 saturated carbocycles. The lowest BCUT2D eigenvalue weighted by molar-refractivity contribution is 0.364. The molecule has 0 aliphatic heterocycles. The highest BCUT2D eigenvalue weighted by Crippen LogP contribution is 2.27. The molecule has 0 saturated heterocycles.